The SMILES string of the molecule is CCOC(=O)c1cnc(N[C@@]2(CC3CCCCC3)CCCNC2)c(Cl)c1. The first kappa shape index (κ1) is 19.4. The first-order valence-electron chi connectivity index (χ1n) is 9.93. The summed E-state index contributed by atoms with van der Waals surface area (Å²) in [6, 6.07) is 1.65. The second-order valence-corrected chi connectivity index (χ2v) is 8.08. The molecule has 3 rings (SSSR count). The van der Waals surface area contributed by atoms with Crippen molar-refractivity contribution in [3.8, 4) is 0 Å². The number of hydrogen-bond acceptors (Lipinski definition) is 5. The number of carbonyl (C=O) groups is 1. The first-order chi connectivity index (χ1) is 12.6. The number of piperidine rings is 1. The summed E-state index contributed by atoms with van der Waals surface area (Å²) in [6.07, 6.45) is 11.7. The van der Waals surface area contributed by atoms with Gasteiger partial charge in [0.15, 0.2) is 0 Å². The third kappa shape index (κ3) is 4.89. The molecule has 0 unspecified atom stereocenters. The van der Waals surface area contributed by atoms with Crippen molar-refractivity contribution in [1.82, 2.24) is 10.3 Å². The third-order valence-electron chi connectivity index (χ3n) is 5.61. The van der Waals surface area contributed by atoms with Crippen molar-refractivity contribution in [2.75, 3.05) is 25.0 Å². The maximum atomic E-state index is 11.9. The Balaban J connectivity index is 1.74. The van der Waals surface area contributed by atoms with Crippen molar-refractivity contribution < 1.29 is 9.53 Å². The van der Waals surface area contributed by atoms with Gasteiger partial charge >= 0.3 is 5.97 Å². The molecule has 0 radical (unpaired) electrons. The van der Waals surface area contributed by atoms with E-state index in [0.29, 0.717) is 23.0 Å². The lowest BCUT2D eigenvalue weighted by Crippen LogP contribution is -2.52. The monoisotopic (exact) mass is 379 g/mol. The van der Waals surface area contributed by atoms with Crippen LogP contribution in [0.4, 0.5) is 5.82 Å². The number of ether oxygens (including phenoxy) is 1. The van der Waals surface area contributed by atoms with Crippen molar-refractivity contribution in [3.63, 3.8) is 0 Å². The van der Waals surface area contributed by atoms with Gasteiger partial charge in [0, 0.05) is 12.7 Å². The van der Waals surface area contributed by atoms with Gasteiger partial charge in [-0.05, 0) is 44.7 Å². The fourth-order valence-electron chi connectivity index (χ4n) is 4.35. The minimum absolute atomic E-state index is 0.0116. The minimum atomic E-state index is -0.385. The summed E-state index contributed by atoms with van der Waals surface area (Å²) in [5, 5.41) is 7.67. The molecule has 2 aliphatic rings. The zero-order valence-corrected chi connectivity index (χ0v) is 16.4. The molecule has 1 saturated heterocycles. The Kier molecular flexibility index (Phi) is 6.76. The number of nitrogens with zero attached hydrogens (tertiary/aromatic N) is 1. The van der Waals surface area contributed by atoms with Gasteiger partial charge in [-0.3, -0.25) is 0 Å². The Bertz CT molecular complexity index is 611. The van der Waals surface area contributed by atoms with Crippen molar-refractivity contribution >= 4 is 23.4 Å². The Hall–Kier alpha value is -1.33. The lowest BCUT2D eigenvalue weighted by atomic mass is 9.76. The van der Waals surface area contributed by atoms with Gasteiger partial charge in [0.1, 0.15) is 5.82 Å². The molecule has 6 heteroatoms. The number of esters is 1. The molecule has 1 aliphatic heterocycles. The van der Waals surface area contributed by atoms with Gasteiger partial charge < -0.3 is 15.4 Å². The summed E-state index contributed by atoms with van der Waals surface area (Å²) < 4.78 is 5.03. The van der Waals surface area contributed by atoms with Gasteiger partial charge in [0.2, 0.25) is 0 Å². The number of halogens is 1. The molecule has 2 heterocycles. The summed E-state index contributed by atoms with van der Waals surface area (Å²) in [5.74, 6) is 1.05. The third-order valence-corrected chi connectivity index (χ3v) is 5.90. The highest BCUT2D eigenvalue weighted by atomic mass is 35.5. The fourth-order valence-corrected chi connectivity index (χ4v) is 4.56. The maximum Gasteiger partial charge on any atom is 0.339 e. The second-order valence-electron chi connectivity index (χ2n) is 7.67. The van der Waals surface area contributed by atoms with Crippen LogP contribution in [0, 0.1) is 5.92 Å². The Labute approximate surface area is 161 Å². The number of carbonyl (C=O) groups excluding carboxylic acids is 1. The Morgan fingerprint density at radius 2 is 2.19 bits per heavy atom. The van der Waals surface area contributed by atoms with Crippen LogP contribution in [0.25, 0.3) is 0 Å². The smallest absolute Gasteiger partial charge is 0.339 e. The molecule has 144 valence electrons. The van der Waals surface area contributed by atoms with E-state index in [1.54, 1.807) is 19.2 Å². The molecular formula is C20H30ClN3O2. The molecule has 2 fully saturated rings. The normalized spacial score (nSPS) is 24.2. The zero-order valence-electron chi connectivity index (χ0n) is 15.7. The van der Waals surface area contributed by atoms with E-state index in [2.05, 4.69) is 15.6 Å². The van der Waals surface area contributed by atoms with Crippen LogP contribution < -0.4 is 10.6 Å². The minimum Gasteiger partial charge on any atom is -0.462 e. The standard InChI is InChI=1S/C20H30ClN3O2/c1-2-26-19(25)16-11-17(21)18(23-13-16)24-20(9-6-10-22-14-20)12-15-7-4-3-5-8-15/h11,13,15,22H,2-10,12,14H2,1H3,(H,23,24)/t20-/m1/s1. The van der Waals surface area contributed by atoms with Gasteiger partial charge in [-0.25, -0.2) is 9.78 Å². The average molecular weight is 380 g/mol. The van der Waals surface area contributed by atoms with Crippen LogP contribution in [0.1, 0.15) is 68.6 Å². The average Bonchev–Trinajstić information content (AvgIpc) is 2.65. The topological polar surface area (TPSA) is 63.2 Å². The lowest BCUT2D eigenvalue weighted by Gasteiger charge is -2.42. The number of rotatable bonds is 6. The van der Waals surface area contributed by atoms with Gasteiger partial charge in [-0.15, -0.1) is 0 Å². The van der Waals surface area contributed by atoms with Crippen molar-refractivity contribution in [1.29, 1.82) is 0 Å². The van der Waals surface area contributed by atoms with Crippen LogP contribution >= 0.6 is 11.6 Å². The molecule has 1 atom stereocenters. The number of anilines is 1. The molecule has 5 nitrogen and oxygen atoms in total. The largest absolute Gasteiger partial charge is 0.462 e. The predicted molar refractivity (Wildman–Crippen MR) is 105 cm³/mol. The van der Waals surface area contributed by atoms with E-state index in [-0.39, 0.29) is 11.5 Å². The maximum absolute atomic E-state index is 11.9. The molecule has 1 aromatic heterocycles. The molecule has 0 spiro atoms. The molecule has 26 heavy (non-hydrogen) atoms. The first-order valence-corrected chi connectivity index (χ1v) is 10.3. The summed E-state index contributed by atoms with van der Waals surface area (Å²) in [7, 11) is 0. The highest BCUT2D eigenvalue weighted by molar-refractivity contribution is 6.33. The van der Waals surface area contributed by atoms with Crippen molar-refractivity contribution in [3.05, 3.63) is 22.8 Å². The van der Waals surface area contributed by atoms with Crippen molar-refractivity contribution in [2.45, 2.75) is 63.8 Å². The van der Waals surface area contributed by atoms with Crippen LogP contribution in [0.15, 0.2) is 12.3 Å². The summed E-state index contributed by atoms with van der Waals surface area (Å²) >= 11 is 6.44. The summed E-state index contributed by atoms with van der Waals surface area (Å²) in [4.78, 5) is 16.3. The molecular weight excluding hydrogens is 350 g/mol. The van der Waals surface area contributed by atoms with Crippen LogP contribution in [0.2, 0.25) is 5.02 Å². The molecule has 0 bridgehead atoms. The highest BCUT2D eigenvalue weighted by Gasteiger charge is 2.35. The molecule has 1 aromatic rings. The molecule has 1 saturated carbocycles. The van der Waals surface area contributed by atoms with Crippen LogP contribution in [0.5, 0.6) is 0 Å². The summed E-state index contributed by atoms with van der Waals surface area (Å²) in [6.45, 7) is 4.12. The molecule has 0 aromatic carbocycles. The van der Waals surface area contributed by atoms with Crippen molar-refractivity contribution in [2.24, 2.45) is 5.92 Å². The van der Waals surface area contributed by atoms with E-state index in [9.17, 15) is 4.79 Å². The zero-order chi connectivity index (χ0) is 18.4. The second kappa shape index (κ2) is 9.05. The molecule has 0 amide bonds. The van der Waals surface area contributed by atoms with E-state index in [1.165, 1.54) is 32.1 Å². The Morgan fingerprint density at radius 3 is 2.85 bits per heavy atom. The molecule has 1 aliphatic carbocycles. The van der Waals surface area contributed by atoms with Crippen LogP contribution in [-0.4, -0.2) is 36.2 Å². The van der Waals surface area contributed by atoms with Gasteiger partial charge in [-0.2, -0.15) is 0 Å². The van der Waals surface area contributed by atoms with E-state index >= 15 is 0 Å². The quantitative estimate of drug-likeness (QED) is 0.716. The number of pyridine rings is 1. The van der Waals surface area contributed by atoms with E-state index in [0.717, 1.165) is 38.3 Å². The van der Waals surface area contributed by atoms with Crippen LogP contribution in [-0.2, 0) is 4.74 Å². The van der Waals surface area contributed by atoms with Gasteiger partial charge in [-0.1, -0.05) is 43.7 Å². The molecule has 2 N–H and O–H groups in total. The highest BCUT2D eigenvalue weighted by Crippen LogP contribution is 2.36. The predicted octanol–water partition coefficient (Wildman–Crippen LogP) is 4.42. The van der Waals surface area contributed by atoms with Gasteiger partial charge in [0.05, 0.1) is 22.7 Å². The lowest BCUT2D eigenvalue weighted by molar-refractivity contribution is 0.0526. The number of nitrogens with one attached hydrogen (secondary N) is 2. The number of hydrogen-bond donors (Lipinski definition) is 2. The fraction of sp³-hybridized carbons (Fsp3) is 0.700. The number of aromatic nitrogens is 1. The van der Waals surface area contributed by atoms with E-state index in [4.69, 9.17) is 16.3 Å². The Morgan fingerprint density at radius 1 is 1.38 bits per heavy atom. The summed E-state index contributed by atoms with van der Waals surface area (Å²) in [5.41, 5.74) is 0.382. The van der Waals surface area contributed by atoms with Crippen LogP contribution in [0.3, 0.4) is 0 Å². The van der Waals surface area contributed by atoms with E-state index < -0.39 is 0 Å². The van der Waals surface area contributed by atoms with E-state index in [1.807, 2.05) is 0 Å². The van der Waals surface area contributed by atoms with Gasteiger partial charge in [0.25, 0.3) is 0 Å².